The topological polar surface area (TPSA) is 38.7 Å². The predicted molar refractivity (Wildman–Crippen MR) is 73.5 cm³/mol. The summed E-state index contributed by atoms with van der Waals surface area (Å²) in [7, 11) is 0. The standard InChI is InChI=1S/C16H22O3/c1-16(17,14-6-8-18-11-14)7-4-12-2-3-15-13(10-12)5-9-19-15/h2-3,10,14,17H,4-9,11H2,1H3. The van der Waals surface area contributed by atoms with Crippen LogP contribution >= 0.6 is 0 Å². The molecule has 2 aliphatic rings. The van der Waals surface area contributed by atoms with Gasteiger partial charge in [0.15, 0.2) is 0 Å². The van der Waals surface area contributed by atoms with E-state index < -0.39 is 5.60 Å². The Labute approximate surface area is 114 Å². The largest absolute Gasteiger partial charge is 0.493 e. The minimum atomic E-state index is -0.619. The van der Waals surface area contributed by atoms with Crippen LogP contribution in [-0.4, -0.2) is 30.5 Å². The van der Waals surface area contributed by atoms with E-state index in [1.54, 1.807) is 0 Å². The van der Waals surface area contributed by atoms with Crippen molar-refractivity contribution in [3.8, 4) is 5.75 Å². The molecule has 1 N–H and O–H groups in total. The molecule has 1 fully saturated rings. The average molecular weight is 262 g/mol. The molecule has 0 saturated carbocycles. The zero-order chi connectivity index (χ0) is 13.3. The van der Waals surface area contributed by atoms with Crippen LogP contribution in [-0.2, 0) is 17.6 Å². The number of aliphatic hydroxyl groups is 1. The van der Waals surface area contributed by atoms with E-state index in [9.17, 15) is 5.11 Å². The fourth-order valence-corrected chi connectivity index (χ4v) is 3.02. The third-order valence-corrected chi connectivity index (χ3v) is 4.48. The third-order valence-electron chi connectivity index (χ3n) is 4.48. The predicted octanol–water partition coefficient (Wildman–Crippen LogP) is 2.34. The SMILES string of the molecule is CC(O)(CCc1ccc2c(c1)CCO2)C1CCOC1. The van der Waals surface area contributed by atoms with E-state index in [0.29, 0.717) is 6.61 Å². The maximum absolute atomic E-state index is 10.6. The summed E-state index contributed by atoms with van der Waals surface area (Å²) in [4.78, 5) is 0. The number of ether oxygens (including phenoxy) is 2. The maximum atomic E-state index is 10.6. The lowest BCUT2D eigenvalue weighted by molar-refractivity contribution is -0.0119. The zero-order valence-corrected chi connectivity index (χ0v) is 11.5. The third kappa shape index (κ3) is 2.77. The van der Waals surface area contributed by atoms with Crippen molar-refractivity contribution in [2.45, 2.75) is 38.2 Å². The molecule has 0 spiro atoms. The molecule has 0 radical (unpaired) electrons. The van der Waals surface area contributed by atoms with Crippen LogP contribution in [0.2, 0.25) is 0 Å². The average Bonchev–Trinajstić information content (AvgIpc) is 3.07. The number of rotatable bonds is 4. The van der Waals surface area contributed by atoms with E-state index in [2.05, 4.69) is 18.2 Å². The van der Waals surface area contributed by atoms with Gasteiger partial charge in [-0.2, -0.15) is 0 Å². The zero-order valence-electron chi connectivity index (χ0n) is 11.5. The highest BCUT2D eigenvalue weighted by Crippen LogP contribution is 2.31. The Morgan fingerprint density at radius 3 is 3.05 bits per heavy atom. The molecule has 1 aromatic carbocycles. The maximum Gasteiger partial charge on any atom is 0.122 e. The van der Waals surface area contributed by atoms with Crippen LogP contribution in [0.4, 0.5) is 0 Å². The lowest BCUT2D eigenvalue weighted by atomic mass is 9.83. The molecule has 0 amide bonds. The normalized spacial score (nSPS) is 24.8. The number of benzene rings is 1. The summed E-state index contributed by atoms with van der Waals surface area (Å²) < 4.78 is 10.9. The van der Waals surface area contributed by atoms with Crippen LogP contribution in [0.3, 0.4) is 0 Å². The van der Waals surface area contributed by atoms with Gasteiger partial charge in [-0.1, -0.05) is 12.1 Å². The van der Waals surface area contributed by atoms with Gasteiger partial charge in [0.25, 0.3) is 0 Å². The van der Waals surface area contributed by atoms with E-state index in [0.717, 1.165) is 44.6 Å². The van der Waals surface area contributed by atoms with Gasteiger partial charge in [0.2, 0.25) is 0 Å². The summed E-state index contributed by atoms with van der Waals surface area (Å²) >= 11 is 0. The first-order chi connectivity index (χ1) is 9.15. The minimum absolute atomic E-state index is 0.283. The molecule has 1 saturated heterocycles. The van der Waals surface area contributed by atoms with E-state index in [1.165, 1.54) is 11.1 Å². The summed E-state index contributed by atoms with van der Waals surface area (Å²) in [5.74, 6) is 1.31. The van der Waals surface area contributed by atoms with Crippen LogP contribution in [0.15, 0.2) is 18.2 Å². The molecule has 2 unspecified atom stereocenters. The van der Waals surface area contributed by atoms with Gasteiger partial charge in [-0.15, -0.1) is 0 Å². The molecule has 2 aliphatic heterocycles. The molecule has 19 heavy (non-hydrogen) atoms. The van der Waals surface area contributed by atoms with Crippen molar-refractivity contribution in [3.63, 3.8) is 0 Å². The molecule has 1 aromatic rings. The first-order valence-corrected chi connectivity index (χ1v) is 7.20. The van der Waals surface area contributed by atoms with Crippen molar-refractivity contribution in [2.75, 3.05) is 19.8 Å². The molecule has 0 bridgehead atoms. The van der Waals surface area contributed by atoms with Crippen molar-refractivity contribution >= 4 is 0 Å². The van der Waals surface area contributed by atoms with Gasteiger partial charge in [-0.05, 0) is 43.4 Å². The molecule has 2 heterocycles. The van der Waals surface area contributed by atoms with Crippen molar-refractivity contribution in [1.82, 2.24) is 0 Å². The Morgan fingerprint density at radius 2 is 2.26 bits per heavy atom. The van der Waals surface area contributed by atoms with Crippen molar-refractivity contribution < 1.29 is 14.6 Å². The first kappa shape index (κ1) is 12.9. The quantitative estimate of drug-likeness (QED) is 0.905. The summed E-state index contributed by atoms with van der Waals surface area (Å²) in [6.07, 6.45) is 3.69. The highest BCUT2D eigenvalue weighted by molar-refractivity contribution is 5.39. The van der Waals surface area contributed by atoms with Crippen molar-refractivity contribution in [1.29, 1.82) is 0 Å². The van der Waals surface area contributed by atoms with Gasteiger partial charge < -0.3 is 14.6 Å². The summed E-state index contributed by atoms with van der Waals surface area (Å²) in [6.45, 7) is 4.24. The van der Waals surface area contributed by atoms with Crippen molar-refractivity contribution in [3.05, 3.63) is 29.3 Å². The van der Waals surface area contributed by atoms with Crippen LogP contribution in [0, 0.1) is 5.92 Å². The van der Waals surface area contributed by atoms with Gasteiger partial charge >= 0.3 is 0 Å². The van der Waals surface area contributed by atoms with Gasteiger partial charge in [0, 0.05) is 18.9 Å². The monoisotopic (exact) mass is 262 g/mol. The van der Waals surface area contributed by atoms with Crippen LogP contribution in [0.25, 0.3) is 0 Å². The Kier molecular flexibility index (Phi) is 3.50. The molecular weight excluding hydrogens is 240 g/mol. The molecule has 2 atom stereocenters. The highest BCUT2D eigenvalue weighted by atomic mass is 16.5. The van der Waals surface area contributed by atoms with E-state index in [1.807, 2.05) is 6.92 Å². The number of hydrogen-bond donors (Lipinski definition) is 1. The number of aryl methyl sites for hydroxylation is 1. The molecule has 0 aromatic heterocycles. The number of fused-ring (bicyclic) bond motifs is 1. The summed E-state index contributed by atoms with van der Waals surface area (Å²) in [5, 5.41) is 10.6. The molecule has 3 nitrogen and oxygen atoms in total. The Hall–Kier alpha value is -1.06. The van der Waals surface area contributed by atoms with Gasteiger partial charge in [0.1, 0.15) is 5.75 Å². The molecule has 104 valence electrons. The second-order valence-electron chi connectivity index (χ2n) is 5.96. The van der Waals surface area contributed by atoms with E-state index >= 15 is 0 Å². The Bertz CT molecular complexity index is 447. The van der Waals surface area contributed by atoms with Gasteiger partial charge in [-0.25, -0.2) is 0 Å². The molecular formula is C16H22O3. The highest BCUT2D eigenvalue weighted by Gasteiger charge is 2.34. The molecule has 3 rings (SSSR count). The Balaban J connectivity index is 1.62. The van der Waals surface area contributed by atoms with Crippen LogP contribution in [0.5, 0.6) is 5.75 Å². The Morgan fingerprint density at radius 1 is 1.37 bits per heavy atom. The van der Waals surface area contributed by atoms with Crippen molar-refractivity contribution in [2.24, 2.45) is 5.92 Å². The fraction of sp³-hybridized carbons (Fsp3) is 0.625. The molecule has 0 aliphatic carbocycles. The van der Waals surface area contributed by atoms with Crippen LogP contribution < -0.4 is 4.74 Å². The van der Waals surface area contributed by atoms with Crippen LogP contribution in [0.1, 0.15) is 30.9 Å². The smallest absolute Gasteiger partial charge is 0.122 e. The second-order valence-corrected chi connectivity index (χ2v) is 5.96. The lowest BCUT2D eigenvalue weighted by Gasteiger charge is -2.29. The van der Waals surface area contributed by atoms with Gasteiger partial charge in [-0.3, -0.25) is 0 Å². The number of hydrogen-bond acceptors (Lipinski definition) is 3. The molecule has 3 heteroatoms. The second kappa shape index (κ2) is 5.14. The van der Waals surface area contributed by atoms with Gasteiger partial charge in [0.05, 0.1) is 18.8 Å². The summed E-state index contributed by atoms with van der Waals surface area (Å²) in [5.41, 5.74) is 1.98. The lowest BCUT2D eigenvalue weighted by Crippen LogP contribution is -2.35. The van der Waals surface area contributed by atoms with E-state index in [-0.39, 0.29) is 5.92 Å². The first-order valence-electron chi connectivity index (χ1n) is 7.20. The fourth-order valence-electron chi connectivity index (χ4n) is 3.02. The minimum Gasteiger partial charge on any atom is -0.493 e. The summed E-state index contributed by atoms with van der Waals surface area (Å²) in [6, 6.07) is 6.40. The van der Waals surface area contributed by atoms with E-state index in [4.69, 9.17) is 9.47 Å².